The molecule has 0 saturated heterocycles. The highest BCUT2D eigenvalue weighted by molar-refractivity contribution is 6.59. The Morgan fingerprint density at radius 1 is 1.22 bits per heavy atom. The van der Waals surface area contributed by atoms with Crippen LogP contribution in [0.3, 0.4) is 0 Å². The Hall–Kier alpha value is -1.41. The Bertz CT molecular complexity index is 407. The largest absolute Gasteiger partial charge is 0.573 e. The highest BCUT2D eigenvalue weighted by atomic mass is 19.4. The molecule has 8 heteroatoms. The summed E-state index contributed by atoms with van der Waals surface area (Å²) in [5.41, 5.74) is -0.412. The van der Waals surface area contributed by atoms with Crippen molar-refractivity contribution in [3.63, 3.8) is 0 Å². The summed E-state index contributed by atoms with van der Waals surface area (Å²) in [5.74, 6) is -0.448. The standard InChI is InChI=1S/C10H12BF3O4/c1-6(2)17-7-3-4-9(18-10(12,13)14)8(5-7)11(15)16/h3-6,15-16H,1-2H3. The lowest BCUT2D eigenvalue weighted by molar-refractivity contribution is -0.274. The molecule has 0 bridgehead atoms. The summed E-state index contributed by atoms with van der Waals surface area (Å²) >= 11 is 0. The van der Waals surface area contributed by atoms with Crippen LogP contribution in [-0.4, -0.2) is 29.6 Å². The summed E-state index contributed by atoms with van der Waals surface area (Å²) < 4.78 is 45.1. The van der Waals surface area contributed by atoms with Gasteiger partial charge in [-0.15, -0.1) is 13.2 Å². The number of halogens is 3. The van der Waals surface area contributed by atoms with Gasteiger partial charge in [0.1, 0.15) is 11.5 Å². The molecular weight excluding hydrogens is 252 g/mol. The van der Waals surface area contributed by atoms with E-state index in [0.717, 1.165) is 12.1 Å². The highest BCUT2D eigenvalue weighted by Crippen LogP contribution is 2.24. The minimum absolute atomic E-state index is 0.192. The molecule has 0 aliphatic carbocycles. The molecule has 0 heterocycles. The lowest BCUT2D eigenvalue weighted by Gasteiger charge is -2.15. The second kappa shape index (κ2) is 5.49. The van der Waals surface area contributed by atoms with E-state index in [2.05, 4.69) is 4.74 Å². The molecule has 2 N–H and O–H groups in total. The van der Waals surface area contributed by atoms with Gasteiger partial charge in [0.05, 0.1) is 6.10 Å². The van der Waals surface area contributed by atoms with Crippen LogP contribution < -0.4 is 14.9 Å². The molecule has 18 heavy (non-hydrogen) atoms. The smallest absolute Gasteiger partial charge is 0.491 e. The van der Waals surface area contributed by atoms with Crippen molar-refractivity contribution in [2.75, 3.05) is 0 Å². The lowest BCUT2D eigenvalue weighted by Crippen LogP contribution is -2.34. The molecule has 0 unspecified atom stereocenters. The van der Waals surface area contributed by atoms with Crippen molar-refractivity contribution >= 4 is 12.6 Å². The van der Waals surface area contributed by atoms with Crippen molar-refractivity contribution in [1.29, 1.82) is 0 Å². The second-order valence-corrected chi connectivity index (χ2v) is 3.79. The van der Waals surface area contributed by atoms with Gasteiger partial charge < -0.3 is 19.5 Å². The zero-order valence-electron chi connectivity index (χ0n) is 9.73. The predicted molar refractivity (Wildman–Crippen MR) is 58.7 cm³/mol. The summed E-state index contributed by atoms with van der Waals surface area (Å²) in [7, 11) is -2.09. The fourth-order valence-corrected chi connectivity index (χ4v) is 1.29. The van der Waals surface area contributed by atoms with Crippen LogP contribution in [0.2, 0.25) is 0 Å². The van der Waals surface area contributed by atoms with Crippen LogP contribution in [-0.2, 0) is 0 Å². The Morgan fingerprint density at radius 3 is 2.28 bits per heavy atom. The van der Waals surface area contributed by atoms with Crippen LogP contribution in [0.1, 0.15) is 13.8 Å². The van der Waals surface area contributed by atoms with Crippen LogP contribution in [0, 0.1) is 0 Å². The molecule has 0 atom stereocenters. The van der Waals surface area contributed by atoms with Gasteiger partial charge in [-0.3, -0.25) is 0 Å². The molecule has 0 aliphatic rings. The molecule has 1 rings (SSSR count). The first kappa shape index (κ1) is 14.7. The number of ether oxygens (including phenoxy) is 2. The molecule has 0 spiro atoms. The van der Waals surface area contributed by atoms with Crippen molar-refractivity contribution in [3.8, 4) is 11.5 Å². The second-order valence-electron chi connectivity index (χ2n) is 3.79. The van der Waals surface area contributed by atoms with E-state index in [0.29, 0.717) is 0 Å². The van der Waals surface area contributed by atoms with Gasteiger partial charge in [0, 0.05) is 5.46 Å². The maximum Gasteiger partial charge on any atom is 0.573 e. The fourth-order valence-electron chi connectivity index (χ4n) is 1.29. The van der Waals surface area contributed by atoms with Gasteiger partial charge in [0.25, 0.3) is 0 Å². The van der Waals surface area contributed by atoms with Crippen molar-refractivity contribution < 1.29 is 32.7 Å². The molecule has 4 nitrogen and oxygen atoms in total. The predicted octanol–water partition coefficient (Wildman–Crippen LogP) is 1.05. The average Bonchev–Trinajstić information content (AvgIpc) is 2.17. The van der Waals surface area contributed by atoms with Crippen LogP contribution in [0.4, 0.5) is 13.2 Å². The number of benzene rings is 1. The molecule has 0 amide bonds. The zero-order chi connectivity index (χ0) is 13.9. The molecule has 0 saturated carbocycles. The Morgan fingerprint density at radius 2 is 1.83 bits per heavy atom. The minimum atomic E-state index is -4.90. The van der Waals surface area contributed by atoms with Gasteiger partial charge in [-0.2, -0.15) is 0 Å². The van der Waals surface area contributed by atoms with Gasteiger partial charge >= 0.3 is 13.5 Å². The number of hydrogen-bond donors (Lipinski definition) is 2. The maximum absolute atomic E-state index is 12.1. The highest BCUT2D eigenvalue weighted by Gasteiger charge is 2.33. The van der Waals surface area contributed by atoms with E-state index in [9.17, 15) is 13.2 Å². The van der Waals surface area contributed by atoms with Crippen LogP contribution in [0.15, 0.2) is 18.2 Å². The first-order valence-electron chi connectivity index (χ1n) is 5.11. The van der Waals surface area contributed by atoms with Crippen molar-refractivity contribution in [2.45, 2.75) is 26.3 Å². The normalized spacial score (nSPS) is 11.6. The number of alkyl halides is 3. The summed E-state index contributed by atoms with van der Waals surface area (Å²) in [6.07, 6.45) is -5.09. The van der Waals surface area contributed by atoms with E-state index in [1.54, 1.807) is 13.8 Å². The van der Waals surface area contributed by atoms with E-state index in [1.807, 2.05) is 0 Å². The molecule has 0 radical (unpaired) electrons. The van der Waals surface area contributed by atoms with Gasteiger partial charge in [0.15, 0.2) is 0 Å². The lowest BCUT2D eigenvalue weighted by atomic mass is 9.79. The van der Waals surface area contributed by atoms with E-state index in [-0.39, 0.29) is 11.9 Å². The summed E-state index contributed by atoms with van der Waals surface area (Å²) in [6.45, 7) is 3.46. The summed E-state index contributed by atoms with van der Waals surface area (Å²) in [5, 5.41) is 18.0. The molecule has 0 aromatic heterocycles. The van der Waals surface area contributed by atoms with Crippen molar-refractivity contribution in [2.24, 2.45) is 0 Å². The third kappa shape index (κ3) is 4.46. The van der Waals surface area contributed by atoms with Crippen molar-refractivity contribution in [1.82, 2.24) is 0 Å². The quantitative estimate of drug-likeness (QED) is 0.798. The zero-order valence-corrected chi connectivity index (χ0v) is 9.73. The van der Waals surface area contributed by atoms with E-state index >= 15 is 0 Å². The molecule has 0 fully saturated rings. The molecule has 1 aromatic rings. The maximum atomic E-state index is 12.1. The monoisotopic (exact) mass is 264 g/mol. The number of rotatable bonds is 4. The van der Waals surface area contributed by atoms with Crippen molar-refractivity contribution in [3.05, 3.63) is 18.2 Å². The minimum Gasteiger partial charge on any atom is -0.491 e. The Kier molecular flexibility index (Phi) is 4.47. The fraction of sp³-hybridized carbons (Fsp3) is 0.400. The van der Waals surface area contributed by atoms with Gasteiger partial charge in [-0.05, 0) is 32.0 Å². The van der Waals surface area contributed by atoms with Crippen LogP contribution in [0.5, 0.6) is 11.5 Å². The average molecular weight is 264 g/mol. The Labute approximate surface area is 102 Å². The first-order valence-corrected chi connectivity index (χ1v) is 5.11. The third-order valence-electron chi connectivity index (χ3n) is 1.86. The summed E-state index contributed by atoms with van der Waals surface area (Å²) in [6, 6.07) is 3.32. The Balaban J connectivity index is 3.05. The van der Waals surface area contributed by atoms with Crippen LogP contribution >= 0.6 is 0 Å². The van der Waals surface area contributed by atoms with E-state index < -0.39 is 24.7 Å². The van der Waals surface area contributed by atoms with Gasteiger partial charge in [-0.25, -0.2) is 0 Å². The molecule has 1 aromatic carbocycles. The topological polar surface area (TPSA) is 58.9 Å². The third-order valence-corrected chi connectivity index (χ3v) is 1.86. The van der Waals surface area contributed by atoms with Crippen LogP contribution in [0.25, 0.3) is 0 Å². The summed E-state index contributed by atoms with van der Waals surface area (Å²) in [4.78, 5) is 0. The van der Waals surface area contributed by atoms with E-state index in [1.165, 1.54) is 6.07 Å². The van der Waals surface area contributed by atoms with Gasteiger partial charge in [0.2, 0.25) is 0 Å². The van der Waals surface area contributed by atoms with Gasteiger partial charge in [-0.1, -0.05) is 0 Å². The first-order chi connectivity index (χ1) is 8.19. The molecule has 0 aliphatic heterocycles. The molecule has 100 valence electrons. The number of hydrogen-bond acceptors (Lipinski definition) is 4. The van der Waals surface area contributed by atoms with E-state index in [4.69, 9.17) is 14.8 Å². The molecular formula is C10H12BF3O4. The SMILES string of the molecule is CC(C)Oc1ccc(OC(F)(F)F)c(B(O)O)c1.